The van der Waals surface area contributed by atoms with E-state index in [-0.39, 0.29) is 17.8 Å². The first kappa shape index (κ1) is 14.4. The summed E-state index contributed by atoms with van der Waals surface area (Å²) in [6.45, 7) is 6.14. The lowest BCUT2D eigenvalue weighted by atomic mass is 9.72. The number of benzene rings is 1. The average molecular weight is 326 g/mol. The molecule has 1 saturated heterocycles. The fraction of sp³-hybridized carbons (Fsp3) is 0.533. The van der Waals surface area contributed by atoms with Crippen molar-refractivity contribution in [3.8, 4) is 0 Å². The van der Waals surface area contributed by atoms with Crippen LogP contribution in [-0.4, -0.2) is 24.2 Å². The number of carboxylic acids is 1. The lowest BCUT2D eigenvalue weighted by molar-refractivity contribution is -0.139. The van der Waals surface area contributed by atoms with Crippen LogP contribution in [0.15, 0.2) is 28.7 Å². The SMILES string of the molecule is CC1(C)CCN(c2ccccc2Br)CC1CC(=O)O. The smallest absolute Gasteiger partial charge is 0.303 e. The van der Waals surface area contributed by atoms with Crippen LogP contribution in [0.1, 0.15) is 26.7 Å². The summed E-state index contributed by atoms with van der Waals surface area (Å²) < 4.78 is 1.07. The van der Waals surface area contributed by atoms with Gasteiger partial charge in [0.25, 0.3) is 0 Å². The molecule has 0 bridgehead atoms. The summed E-state index contributed by atoms with van der Waals surface area (Å²) in [7, 11) is 0. The van der Waals surface area contributed by atoms with Gasteiger partial charge in [-0.2, -0.15) is 0 Å². The minimum atomic E-state index is -0.702. The number of rotatable bonds is 3. The first-order valence-corrected chi connectivity index (χ1v) is 7.41. The minimum Gasteiger partial charge on any atom is -0.481 e. The first-order valence-electron chi connectivity index (χ1n) is 6.61. The van der Waals surface area contributed by atoms with Crippen molar-refractivity contribution in [2.45, 2.75) is 26.7 Å². The number of anilines is 1. The number of hydrogen-bond acceptors (Lipinski definition) is 2. The predicted molar refractivity (Wildman–Crippen MR) is 80.5 cm³/mol. The van der Waals surface area contributed by atoms with E-state index < -0.39 is 5.97 Å². The number of piperidine rings is 1. The monoisotopic (exact) mass is 325 g/mol. The fourth-order valence-corrected chi connectivity index (χ4v) is 3.25. The van der Waals surface area contributed by atoms with Gasteiger partial charge in [0.05, 0.1) is 12.1 Å². The largest absolute Gasteiger partial charge is 0.481 e. The summed E-state index contributed by atoms with van der Waals surface area (Å²) in [6, 6.07) is 8.13. The van der Waals surface area contributed by atoms with Gasteiger partial charge in [-0.25, -0.2) is 0 Å². The molecule has 1 aliphatic heterocycles. The molecule has 1 unspecified atom stereocenters. The molecule has 0 amide bonds. The number of carbonyl (C=O) groups is 1. The van der Waals surface area contributed by atoms with E-state index in [4.69, 9.17) is 5.11 Å². The average Bonchev–Trinajstić information content (AvgIpc) is 2.32. The van der Waals surface area contributed by atoms with Crippen molar-refractivity contribution in [1.29, 1.82) is 0 Å². The molecule has 1 N–H and O–H groups in total. The van der Waals surface area contributed by atoms with Gasteiger partial charge in [-0.15, -0.1) is 0 Å². The second-order valence-corrected chi connectivity index (χ2v) is 6.79. The Morgan fingerprint density at radius 3 is 2.79 bits per heavy atom. The van der Waals surface area contributed by atoms with E-state index in [1.807, 2.05) is 18.2 Å². The van der Waals surface area contributed by atoms with Gasteiger partial charge in [0.1, 0.15) is 0 Å². The number of aliphatic carboxylic acids is 1. The summed E-state index contributed by atoms with van der Waals surface area (Å²) in [5.41, 5.74) is 1.25. The fourth-order valence-electron chi connectivity index (χ4n) is 2.71. The zero-order valence-electron chi connectivity index (χ0n) is 11.4. The molecule has 0 aliphatic carbocycles. The maximum Gasteiger partial charge on any atom is 0.303 e. The summed E-state index contributed by atoms with van der Waals surface area (Å²) in [5, 5.41) is 9.08. The standard InChI is InChI=1S/C15H20BrNO2/c1-15(2)7-8-17(10-11(15)9-14(18)19)13-6-4-3-5-12(13)16/h3-6,11H,7-10H2,1-2H3,(H,18,19). The number of para-hydroxylation sites is 1. The van der Waals surface area contributed by atoms with Crippen LogP contribution in [0, 0.1) is 11.3 Å². The van der Waals surface area contributed by atoms with E-state index in [0.717, 1.165) is 29.7 Å². The number of halogens is 1. The van der Waals surface area contributed by atoms with Crippen LogP contribution >= 0.6 is 15.9 Å². The molecule has 1 fully saturated rings. The number of carboxylic acid groups (broad SMARTS) is 1. The van der Waals surface area contributed by atoms with Gasteiger partial charge in [-0.05, 0) is 45.8 Å². The van der Waals surface area contributed by atoms with E-state index in [1.165, 1.54) is 0 Å². The van der Waals surface area contributed by atoms with Crippen molar-refractivity contribution in [2.24, 2.45) is 11.3 Å². The molecule has 1 atom stereocenters. The Bertz CT molecular complexity index is 473. The summed E-state index contributed by atoms with van der Waals surface area (Å²) in [5.74, 6) is -0.516. The van der Waals surface area contributed by atoms with Crippen molar-refractivity contribution >= 4 is 27.6 Å². The Balaban J connectivity index is 2.18. The Hall–Kier alpha value is -1.03. The quantitative estimate of drug-likeness (QED) is 0.919. The minimum absolute atomic E-state index is 0.0934. The van der Waals surface area contributed by atoms with Crippen molar-refractivity contribution in [2.75, 3.05) is 18.0 Å². The number of hydrogen-bond donors (Lipinski definition) is 1. The van der Waals surface area contributed by atoms with Crippen LogP contribution in [0.5, 0.6) is 0 Å². The molecule has 19 heavy (non-hydrogen) atoms. The highest BCUT2D eigenvalue weighted by Crippen LogP contribution is 2.40. The maximum absolute atomic E-state index is 11.0. The lowest BCUT2D eigenvalue weighted by Gasteiger charge is -2.44. The van der Waals surface area contributed by atoms with Gasteiger partial charge >= 0.3 is 5.97 Å². The molecule has 0 radical (unpaired) electrons. The molecule has 1 aliphatic rings. The van der Waals surface area contributed by atoms with Gasteiger partial charge < -0.3 is 10.0 Å². The molecule has 3 nitrogen and oxygen atoms in total. The Labute approximate surface area is 122 Å². The van der Waals surface area contributed by atoms with Gasteiger partial charge in [0.15, 0.2) is 0 Å². The molecular weight excluding hydrogens is 306 g/mol. The highest BCUT2D eigenvalue weighted by molar-refractivity contribution is 9.10. The lowest BCUT2D eigenvalue weighted by Crippen LogP contribution is -2.45. The van der Waals surface area contributed by atoms with Crippen molar-refractivity contribution < 1.29 is 9.90 Å². The van der Waals surface area contributed by atoms with Crippen LogP contribution in [0.3, 0.4) is 0 Å². The van der Waals surface area contributed by atoms with Crippen molar-refractivity contribution in [3.05, 3.63) is 28.7 Å². The topological polar surface area (TPSA) is 40.5 Å². The molecule has 1 aromatic rings. The zero-order chi connectivity index (χ0) is 14.0. The normalized spacial score (nSPS) is 22.3. The molecule has 104 valence electrons. The van der Waals surface area contributed by atoms with Gasteiger partial charge in [-0.3, -0.25) is 4.79 Å². The zero-order valence-corrected chi connectivity index (χ0v) is 13.0. The highest BCUT2D eigenvalue weighted by atomic mass is 79.9. The highest BCUT2D eigenvalue weighted by Gasteiger charge is 2.37. The molecule has 4 heteroatoms. The van der Waals surface area contributed by atoms with E-state index in [9.17, 15) is 4.79 Å². The van der Waals surface area contributed by atoms with E-state index >= 15 is 0 Å². The first-order chi connectivity index (χ1) is 8.90. The second-order valence-electron chi connectivity index (χ2n) is 5.93. The van der Waals surface area contributed by atoms with Crippen molar-refractivity contribution in [3.63, 3.8) is 0 Å². The van der Waals surface area contributed by atoms with Crippen LogP contribution < -0.4 is 4.90 Å². The summed E-state index contributed by atoms with van der Waals surface area (Å²) >= 11 is 3.57. The third-order valence-corrected chi connectivity index (χ3v) is 4.86. The van der Waals surface area contributed by atoms with Gasteiger partial charge in [0, 0.05) is 17.6 Å². The summed E-state index contributed by atoms with van der Waals surface area (Å²) in [6.07, 6.45) is 1.26. The van der Waals surface area contributed by atoms with Crippen molar-refractivity contribution in [1.82, 2.24) is 0 Å². The Morgan fingerprint density at radius 2 is 2.16 bits per heavy atom. The van der Waals surface area contributed by atoms with Crippen LogP contribution in [0.4, 0.5) is 5.69 Å². The van der Waals surface area contributed by atoms with Crippen LogP contribution in [-0.2, 0) is 4.79 Å². The van der Waals surface area contributed by atoms with E-state index in [0.29, 0.717) is 0 Å². The second kappa shape index (κ2) is 5.53. The Morgan fingerprint density at radius 1 is 1.47 bits per heavy atom. The predicted octanol–water partition coefficient (Wildman–Crippen LogP) is 3.78. The van der Waals surface area contributed by atoms with Gasteiger partial charge in [0.2, 0.25) is 0 Å². The van der Waals surface area contributed by atoms with E-state index in [2.05, 4.69) is 40.7 Å². The molecule has 0 saturated carbocycles. The van der Waals surface area contributed by atoms with Crippen LogP contribution in [0.2, 0.25) is 0 Å². The van der Waals surface area contributed by atoms with Crippen LogP contribution in [0.25, 0.3) is 0 Å². The number of nitrogens with zero attached hydrogens (tertiary/aromatic N) is 1. The molecule has 1 aromatic carbocycles. The molecule has 0 spiro atoms. The third kappa shape index (κ3) is 3.30. The molecule has 1 heterocycles. The third-order valence-electron chi connectivity index (χ3n) is 4.19. The molecule has 2 rings (SSSR count). The van der Waals surface area contributed by atoms with Gasteiger partial charge in [-0.1, -0.05) is 26.0 Å². The molecule has 0 aromatic heterocycles. The van der Waals surface area contributed by atoms with E-state index in [1.54, 1.807) is 0 Å². The Kier molecular flexibility index (Phi) is 4.19. The maximum atomic E-state index is 11.0. The molecular formula is C15H20BrNO2. The summed E-state index contributed by atoms with van der Waals surface area (Å²) in [4.78, 5) is 13.3.